The summed E-state index contributed by atoms with van der Waals surface area (Å²) in [4.78, 5) is 5.20. The van der Waals surface area contributed by atoms with Gasteiger partial charge in [0.25, 0.3) is 6.71 Å². The average Bonchev–Trinajstić information content (AvgIpc) is 3.42. The highest BCUT2D eigenvalue weighted by Crippen LogP contribution is 2.49. The molecule has 0 unspecified atom stereocenters. The molecule has 0 bridgehead atoms. The molecule has 3 heterocycles. The van der Waals surface area contributed by atoms with Crippen LogP contribution in [-0.4, -0.2) is 6.71 Å². The fourth-order valence-electron chi connectivity index (χ4n) is 8.53. The monoisotopic (exact) mass is 684 g/mol. The van der Waals surface area contributed by atoms with Gasteiger partial charge in [-0.1, -0.05) is 98.7 Å². The summed E-state index contributed by atoms with van der Waals surface area (Å²) in [5, 5.41) is 1.37. The minimum absolute atomic E-state index is 0.0296. The maximum absolute atomic E-state index is 2.64. The Bertz CT molecular complexity index is 2390. The minimum Gasteiger partial charge on any atom is -0.311 e. The first kappa shape index (κ1) is 32.6. The van der Waals surface area contributed by atoms with E-state index in [1.807, 2.05) is 11.3 Å². The number of rotatable bonds is 2. The number of thiophene rings is 1. The van der Waals surface area contributed by atoms with Crippen LogP contribution in [0.1, 0.15) is 95.7 Å². The summed E-state index contributed by atoms with van der Waals surface area (Å²) >= 11 is 2.00. The Balaban J connectivity index is 1.39. The molecule has 0 N–H and O–H groups in total. The molecule has 5 aromatic carbocycles. The summed E-state index contributed by atoms with van der Waals surface area (Å²) in [6, 6.07) is 36.1. The number of fused-ring (bicyclic) bond motifs is 7. The van der Waals surface area contributed by atoms with Gasteiger partial charge in [0.05, 0.1) is 5.69 Å². The van der Waals surface area contributed by atoms with Gasteiger partial charge in [-0.15, -0.1) is 11.3 Å². The highest BCUT2D eigenvalue weighted by atomic mass is 32.1. The first-order valence-electron chi connectivity index (χ1n) is 18.8. The van der Waals surface area contributed by atoms with Gasteiger partial charge in [-0.25, -0.2) is 0 Å². The Hall–Kier alpha value is -4.28. The van der Waals surface area contributed by atoms with E-state index in [9.17, 15) is 0 Å². The Morgan fingerprint density at radius 2 is 1.14 bits per heavy atom. The molecule has 2 aliphatic heterocycles. The van der Waals surface area contributed by atoms with Gasteiger partial charge >= 0.3 is 0 Å². The van der Waals surface area contributed by atoms with Crippen LogP contribution in [0.4, 0.5) is 34.1 Å². The number of aryl methyl sites for hydroxylation is 3. The van der Waals surface area contributed by atoms with Crippen molar-refractivity contribution in [2.45, 2.75) is 98.3 Å². The van der Waals surface area contributed by atoms with Crippen LogP contribution in [0.25, 0.3) is 10.1 Å². The Kier molecular flexibility index (Phi) is 6.95. The zero-order chi connectivity index (χ0) is 35.8. The van der Waals surface area contributed by atoms with Gasteiger partial charge in [0.15, 0.2) is 0 Å². The van der Waals surface area contributed by atoms with Crippen LogP contribution in [0.2, 0.25) is 0 Å². The van der Waals surface area contributed by atoms with E-state index in [4.69, 9.17) is 0 Å². The molecule has 0 spiro atoms. The summed E-state index contributed by atoms with van der Waals surface area (Å²) in [6.45, 7) is 23.3. The maximum atomic E-state index is 2.64. The summed E-state index contributed by atoms with van der Waals surface area (Å²) in [6.07, 6.45) is 2.35. The van der Waals surface area contributed by atoms with Crippen LogP contribution in [0, 0.1) is 6.92 Å². The van der Waals surface area contributed by atoms with Crippen molar-refractivity contribution in [3.05, 3.63) is 124 Å². The van der Waals surface area contributed by atoms with Crippen molar-refractivity contribution in [3.63, 3.8) is 0 Å². The molecule has 256 valence electrons. The van der Waals surface area contributed by atoms with Crippen LogP contribution in [0.3, 0.4) is 0 Å². The normalized spacial score (nSPS) is 15.0. The van der Waals surface area contributed by atoms with Gasteiger partial charge in [0, 0.05) is 43.3 Å². The number of anilines is 6. The van der Waals surface area contributed by atoms with E-state index in [1.165, 1.54) is 99.7 Å². The van der Waals surface area contributed by atoms with E-state index in [2.05, 4.69) is 170 Å². The second-order valence-corrected chi connectivity index (χ2v) is 19.5. The number of hydrogen-bond acceptors (Lipinski definition) is 3. The molecule has 0 amide bonds. The molecule has 2 nitrogen and oxygen atoms in total. The van der Waals surface area contributed by atoms with Gasteiger partial charge in [-0.05, 0) is 135 Å². The summed E-state index contributed by atoms with van der Waals surface area (Å²) in [5.41, 5.74) is 19.1. The average molecular weight is 685 g/mol. The molecule has 1 aliphatic carbocycles. The maximum Gasteiger partial charge on any atom is 0.264 e. The van der Waals surface area contributed by atoms with Crippen molar-refractivity contribution in [2.75, 3.05) is 9.80 Å². The van der Waals surface area contributed by atoms with E-state index in [0.29, 0.717) is 0 Å². The SMILES string of the molecule is Cc1cc2c3c(c1)N(c1ccc4c(c1)CC4)c1c(sc4ccc(C(C)(C)C)cc14)B3c1cc(C(C)(C)C)ccc1N2c1ccc(C(C)(C)C)cc1. The third-order valence-electron chi connectivity index (χ3n) is 11.6. The van der Waals surface area contributed by atoms with Crippen LogP contribution in [0.5, 0.6) is 0 Å². The van der Waals surface area contributed by atoms with E-state index in [-0.39, 0.29) is 23.0 Å². The lowest BCUT2D eigenvalue weighted by molar-refractivity contribution is 0.590. The van der Waals surface area contributed by atoms with Gasteiger partial charge in [0.2, 0.25) is 0 Å². The van der Waals surface area contributed by atoms with Gasteiger partial charge in [-0.3, -0.25) is 0 Å². The lowest BCUT2D eigenvalue weighted by Gasteiger charge is -2.44. The highest BCUT2D eigenvalue weighted by Gasteiger charge is 2.46. The lowest BCUT2D eigenvalue weighted by Crippen LogP contribution is -2.60. The van der Waals surface area contributed by atoms with E-state index < -0.39 is 0 Å². The van der Waals surface area contributed by atoms with Crippen molar-refractivity contribution in [2.24, 2.45) is 0 Å². The Morgan fingerprint density at radius 1 is 0.549 bits per heavy atom. The van der Waals surface area contributed by atoms with Crippen molar-refractivity contribution >= 4 is 78.0 Å². The van der Waals surface area contributed by atoms with Crippen molar-refractivity contribution in [1.29, 1.82) is 0 Å². The van der Waals surface area contributed by atoms with E-state index in [1.54, 1.807) is 0 Å². The van der Waals surface area contributed by atoms with Crippen LogP contribution < -0.4 is 25.5 Å². The Morgan fingerprint density at radius 3 is 1.76 bits per heavy atom. The molecule has 0 saturated carbocycles. The van der Waals surface area contributed by atoms with Crippen molar-refractivity contribution in [1.82, 2.24) is 0 Å². The van der Waals surface area contributed by atoms with Crippen LogP contribution >= 0.6 is 11.3 Å². The largest absolute Gasteiger partial charge is 0.311 e. The van der Waals surface area contributed by atoms with E-state index in [0.717, 1.165) is 6.42 Å². The first-order chi connectivity index (χ1) is 24.1. The number of hydrogen-bond donors (Lipinski definition) is 0. The first-order valence-corrected chi connectivity index (χ1v) is 19.6. The number of benzene rings is 5. The van der Waals surface area contributed by atoms with Crippen LogP contribution in [-0.2, 0) is 29.1 Å². The minimum atomic E-state index is 0.0296. The molecule has 0 atom stereocenters. The zero-order valence-corrected chi connectivity index (χ0v) is 32.8. The topological polar surface area (TPSA) is 6.48 Å². The molecule has 0 radical (unpaired) electrons. The van der Waals surface area contributed by atoms with Gasteiger partial charge in [0.1, 0.15) is 0 Å². The molecule has 6 aromatic rings. The summed E-state index contributed by atoms with van der Waals surface area (Å²) < 4.78 is 2.81. The standard InChI is InChI=1S/C47H49BN2S/c1-28-23-39-42-40(24-28)50(35-18-13-29-11-12-30(29)25-35)43-36-26-32(46(5,6)7)17-22-41(36)51-44(43)48(42)37-27-33(47(8,9)10)16-21-38(37)49(39)34-19-14-31(15-20-34)45(2,3)4/h13-27H,11-12H2,1-10H3. The molecular formula is C47H49BN2S. The third kappa shape index (κ3) is 5.04. The second-order valence-electron chi connectivity index (χ2n) is 18.4. The second kappa shape index (κ2) is 10.9. The molecule has 51 heavy (non-hydrogen) atoms. The zero-order valence-electron chi connectivity index (χ0n) is 32.0. The predicted octanol–water partition coefficient (Wildman–Crippen LogP) is 11.3. The molecule has 0 fully saturated rings. The summed E-state index contributed by atoms with van der Waals surface area (Å²) in [5.74, 6) is 0. The smallest absolute Gasteiger partial charge is 0.264 e. The predicted molar refractivity (Wildman–Crippen MR) is 224 cm³/mol. The Labute approximate surface area is 309 Å². The molecule has 4 heteroatoms. The molecule has 0 saturated heterocycles. The number of nitrogens with zero attached hydrogens (tertiary/aromatic N) is 2. The fourth-order valence-corrected chi connectivity index (χ4v) is 9.83. The molecule has 9 rings (SSSR count). The highest BCUT2D eigenvalue weighted by molar-refractivity contribution is 7.33. The lowest BCUT2D eigenvalue weighted by atomic mass is 9.36. The molecule has 1 aromatic heterocycles. The summed E-state index contributed by atoms with van der Waals surface area (Å²) in [7, 11) is 0. The molecule has 3 aliphatic rings. The molecular weight excluding hydrogens is 635 g/mol. The quantitative estimate of drug-likeness (QED) is 0.167. The van der Waals surface area contributed by atoms with Gasteiger partial charge < -0.3 is 9.80 Å². The fraction of sp³-hybridized carbons (Fsp3) is 0.319. The van der Waals surface area contributed by atoms with Crippen LogP contribution in [0.15, 0.2) is 91.0 Å². The van der Waals surface area contributed by atoms with Crippen molar-refractivity contribution < 1.29 is 0 Å². The van der Waals surface area contributed by atoms with E-state index >= 15 is 0 Å². The van der Waals surface area contributed by atoms with Crippen molar-refractivity contribution in [3.8, 4) is 0 Å². The third-order valence-corrected chi connectivity index (χ3v) is 12.9. The van der Waals surface area contributed by atoms with Gasteiger partial charge in [-0.2, -0.15) is 0 Å².